The molecule has 2 N–H and O–H groups in total. The first-order valence-corrected chi connectivity index (χ1v) is 6.05. The Morgan fingerprint density at radius 3 is 2.42 bits per heavy atom. The monoisotopic (exact) mass is 272 g/mol. The molecule has 0 aromatic heterocycles. The fourth-order valence-corrected chi connectivity index (χ4v) is 2.10. The van der Waals surface area contributed by atoms with E-state index in [1.54, 1.807) is 6.92 Å². The molecule has 19 heavy (non-hydrogen) atoms. The lowest BCUT2D eigenvalue weighted by atomic mass is 9.99. The highest BCUT2D eigenvalue weighted by molar-refractivity contribution is 5.98. The minimum atomic E-state index is -4.36. The zero-order valence-electron chi connectivity index (χ0n) is 10.5. The highest BCUT2D eigenvalue weighted by Crippen LogP contribution is 2.30. The molecule has 1 aromatic carbocycles. The van der Waals surface area contributed by atoms with Crippen LogP contribution < -0.4 is 10.6 Å². The Hall–Kier alpha value is -1.56. The maximum Gasteiger partial charge on any atom is 0.416 e. The van der Waals surface area contributed by atoms with Crippen molar-refractivity contribution in [3.8, 4) is 0 Å². The van der Waals surface area contributed by atoms with Gasteiger partial charge in [-0.05, 0) is 50.6 Å². The molecule has 1 aliphatic heterocycles. The van der Waals surface area contributed by atoms with Crippen molar-refractivity contribution in [2.75, 3.05) is 11.9 Å². The van der Waals surface area contributed by atoms with E-state index >= 15 is 0 Å². The Kier molecular flexibility index (Phi) is 3.54. The lowest BCUT2D eigenvalue weighted by molar-refractivity contribution is -0.137. The van der Waals surface area contributed by atoms with Crippen LogP contribution in [0.2, 0.25) is 0 Å². The first-order chi connectivity index (χ1) is 8.81. The molecule has 6 heteroatoms. The maximum absolute atomic E-state index is 12.4. The highest BCUT2D eigenvalue weighted by atomic mass is 19.4. The molecule has 0 bridgehead atoms. The van der Waals surface area contributed by atoms with E-state index < -0.39 is 17.3 Å². The van der Waals surface area contributed by atoms with Crippen LogP contribution in [0.1, 0.15) is 25.3 Å². The highest BCUT2D eigenvalue weighted by Gasteiger charge is 2.36. The van der Waals surface area contributed by atoms with Crippen molar-refractivity contribution >= 4 is 11.6 Å². The second kappa shape index (κ2) is 4.85. The second-order valence-electron chi connectivity index (χ2n) is 4.89. The molecule has 1 amide bonds. The van der Waals surface area contributed by atoms with Gasteiger partial charge < -0.3 is 10.6 Å². The van der Waals surface area contributed by atoms with Gasteiger partial charge in [-0.25, -0.2) is 0 Å². The van der Waals surface area contributed by atoms with E-state index in [1.165, 1.54) is 12.1 Å². The van der Waals surface area contributed by atoms with Gasteiger partial charge in [0.2, 0.25) is 5.91 Å². The average Bonchev–Trinajstić information content (AvgIpc) is 2.77. The minimum absolute atomic E-state index is 0.218. The van der Waals surface area contributed by atoms with Crippen LogP contribution in [0.15, 0.2) is 24.3 Å². The molecule has 1 heterocycles. The minimum Gasteiger partial charge on any atom is -0.324 e. The van der Waals surface area contributed by atoms with Crippen LogP contribution in [0, 0.1) is 0 Å². The van der Waals surface area contributed by atoms with Gasteiger partial charge >= 0.3 is 6.18 Å². The van der Waals surface area contributed by atoms with Crippen LogP contribution in [0.25, 0.3) is 0 Å². The van der Waals surface area contributed by atoms with Gasteiger partial charge in [0.15, 0.2) is 0 Å². The van der Waals surface area contributed by atoms with Crippen molar-refractivity contribution < 1.29 is 18.0 Å². The Balaban J connectivity index is 2.06. The fraction of sp³-hybridized carbons (Fsp3) is 0.462. The van der Waals surface area contributed by atoms with Crippen molar-refractivity contribution in [1.29, 1.82) is 0 Å². The summed E-state index contributed by atoms with van der Waals surface area (Å²) in [6.07, 6.45) is -2.72. The largest absolute Gasteiger partial charge is 0.416 e. The number of hydrogen-bond acceptors (Lipinski definition) is 2. The number of nitrogens with one attached hydrogen (secondary N) is 2. The third-order valence-electron chi connectivity index (χ3n) is 3.34. The van der Waals surface area contributed by atoms with E-state index in [-0.39, 0.29) is 5.91 Å². The Labute approximate surface area is 109 Å². The van der Waals surface area contributed by atoms with Crippen LogP contribution in [-0.4, -0.2) is 18.0 Å². The van der Waals surface area contributed by atoms with Gasteiger partial charge in [-0.3, -0.25) is 4.79 Å². The molecular weight excluding hydrogens is 257 g/mol. The normalized spacial score (nSPS) is 23.4. The number of alkyl halides is 3. The lowest BCUT2D eigenvalue weighted by Gasteiger charge is -2.23. The van der Waals surface area contributed by atoms with Crippen molar-refractivity contribution in [1.82, 2.24) is 5.32 Å². The van der Waals surface area contributed by atoms with Gasteiger partial charge in [-0.2, -0.15) is 13.2 Å². The Bertz CT molecular complexity index is 462. The fourth-order valence-electron chi connectivity index (χ4n) is 2.10. The molecule has 0 aliphatic carbocycles. The molecule has 0 radical (unpaired) electrons. The number of halogens is 3. The number of anilines is 1. The number of hydrogen-bond donors (Lipinski definition) is 2. The number of benzene rings is 1. The topological polar surface area (TPSA) is 41.1 Å². The Morgan fingerprint density at radius 2 is 1.95 bits per heavy atom. The molecule has 1 unspecified atom stereocenters. The zero-order chi connectivity index (χ0) is 14.1. The molecule has 0 saturated carbocycles. The van der Waals surface area contributed by atoms with E-state index in [1.807, 2.05) is 0 Å². The quantitative estimate of drug-likeness (QED) is 0.869. The summed E-state index contributed by atoms with van der Waals surface area (Å²) in [5, 5.41) is 5.73. The second-order valence-corrected chi connectivity index (χ2v) is 4.89. The predicted octanol–water partition coefficient (Wildman–Crippen LogP) is 2.79. The molecule has 1 aromatic rings. The van der Waals surface area contributed by atoms with Crippen molar-refractivity contribution in [3.05, 3.63) is 29.8 Å². The molecule has 1 atom stereocenters. The van der Waals surface area contributed by atoms with Crippen LogP contribution >= 0.6 is 0 Å². The van der Waals surface area contributed by atoms with Gasteiger partial charge in [0.05, 0.1) is 11.1 Å². The van der Waals surface area contributed by atoms with Crippen LogP contribution in [0.3, 0.4) is 0 Å². The summed E-state index contributed by atoms with van der Waals surface area (Å²) in [5.74, 6) is -0.218. The van der Waals surface area contributed by atoms with E-state index in [9.17, 15) is 18.0 Å². The predicted molar refractivity (Wildman–Crippen MR) is 65.7 cm³/mol. The number of carbonyl (C=O) groups is 1. The van der Waals surface area contributed by atoms with E-state index in [4.69, 9.17) is 0 Å². The molecule has 2 rings (SSSR count). The van der Waals surface area contributed by atoms with Gasteiger partial charge in [-0.1, -0.05) is 0 Å². The number of carbonyl (C=O) groups excluding carboxylic acids is 1. The molecule has 3 nitrogen and oxygen atoms in total. The average molecular weight is 272 g/mol. The van der Waals surface area contributed by atoms with Crippen molar-refractivity contribution in [3.63, 3.8) is 0 Å². The number of rotatable bonds is 2. The zero-order valence-corrected chi connectivity index (χ0v) is 10.5. The molecule has 1 aliphatic rings. The SMILES string of the molecule is CC1(C(=O)Nc2ccc(C(F)(F)F)cc2)CCCN1. The first-order valence-electron chi connectivity index (χ1n) is 6.05. The molecule has 104 valence electrons. The number of amides is 1. The summed E-state index contributed by atoms with van der Waals surface area (Å²) < 4.78 is 37.2. The van der Waals surface area contributed by atoms with E-state index in [2.05, 4.69) is 10.6 Å². The van der Waals surface area contributed by atoms with Gasteiger partial charge in [0.25, 0.3) is 0 Å². The Morgan fingerprint density at radius 1 is 1.32 bits per heavy atom. The first kappa shape index (κ1) is 13.9. The summed E-state index contributed by atoms with van der Waals surface area (Å²) in [7, 11) is 0. The van der Waals surface area contributed by atoms with Gasteiger partial charge in [-0.15, -0.1) is 0 Å². The van der Waals surface area contributed by atoms with Crippen LogP contribution in [0.5, 0.6) is 0 Å². The van der Waals surface area contributed by atoms with E-state index in [0.29, 0.717) is 5.69 Å². The third-order valence-corrected chi connectivity index (χ3v) is 3.34. The summed E-state index contributed by atoms with van der Waals surface area (Å²) in [6.45, 7) is 2.57. The van der Waals surface area contributed by atoms with Crippen LogP contribution in [0.4, 0.5) is 18.9 Å². The van der Waals surface area contributed by atoms with Crippen molar-refractivity contribution in [2.24, 2.45) is 0 Å². The lowest BCUT2D eigenvalue weighted by Crippen LogP contribution is -2.47. The van der Waals surface area contributed by atoms with Crippen molar-refractivity contribution in [2.45, 2.75) is 31.5 Å². The smallest absolute Gasteiger partial charge is 0.324 e. The van der Waals surface area contributed by atoms with Gasteiger partial charge in [0.1, 0.15) is 0 Å². The van der Waals surface area contributed by atoms with Gasteiger partial charge in [0, 0.05) is 5.69 Å². The summed E-state index contributed by atoms with van der Waals surface area (Å²) in [6, 6.07) is 4.44. The summed E-state index contributed by atoms with van der Waals surface area (Å²) in [4.78, 5) is 12.0. The third kappa shape index (κ3) is 3.07. The molecule has 1 saturated heterocycles. The molecular formula is C13H15F3N2O. The van der Waals surface area contributed by atoms with E-state index in [0.717, 1.165) is 31.5 Å². The maximum atomic E-state index is 12.4. The van der Waals surface area contributed by atoms with Crippen LogP contribution in [-0.2, 0) is 11.0 Å². The standard InChI is InChI=1S/C13H15F3N2O/c1-12(7-2-8-17-12)11(19)18-10-5-3-9(4-6-10)13(14,15)16/h3-6,17H,2,7-8H2,1H3,(H,18,19). The molecule has 0 spiro atoms. The summed E-state index contributed by atoms with van der Waals surface area (Å²) in [5.41, 5.74) is -0.994. The summed E-state index contributed by atoms with van der Waals surface area (Å²) >= 11 is 0. The molecule has 1 fully saturated rings.